The molecule has 0 saturated heterocycles. The highest BCUT2D eigenvalue weighted by Gasteiger charge is 2.21. The third kappa shape index (κ3) is 0.842. The second-order valence-electron chi connectivity index (χ2n) is 3.62. The van der Waals surface area contributed by atoms with Crippen LogP contribution in [0.1, 0.15) is 37.8 Å². The van der Waals surface area contributed by atoms with E-state index in [1.54, 1.807) is 0 Å². The number of rotatable bonds is 0. The van der Waals surface area contributed by atoms with Gasteiger partial charge in [0.05, 0.1) is 0 Å². The zero-order valence-electron chi connectivity index (χ0n) is 7.89. The maximum absolute atomic E-state index is 2.28. The monoisotopic (exact) mass is 158 g/mol. The lowest BCUT2D eigenvalue weighted by molar-refractivity contribution is 0.920. The second kappa shape index (κ2) is 2.48. The van der Waals surface area contributed by atoms with Crippen LogP contribution in [-0.4, -0.2) is 0 Å². The van der Waals surface area contributed by atoms with Crippen molar-refractivity contribution in [3.8, 4) is 0 Å². The lowest BCUT2D eigenvalue weighted by Gasteiger charge is -2.05. The zero-order valence-corrected chi connectivity index (χ0v) is 7.89. The predicted molar refractivity (Wildman–Crippen MR) is 53.1 cm³/mol. The van der Waals surface area contributed by atoms with Gasteiger partial charge in [-0.25, -0.2) is 0 Å². The lowest BCUT2D eigenvalue weighted by Crippen LogP contribution is -1.88. The van der Waals surface area contributed by atoms with Crippen molar-refractivity contribution in [2.75, 3.05) is 0 Å². The Bertz CT molecular complexity index is 345. The van der Waals surface area contributed by atoms with Crippen LogP contribution >= 0.6 is 0 Å². The van der Waals surface area contributed by atoms with Crippen molar-refractivity contribution in [2.24, 2.45) is 0 Å². The Morgan fingerprint density at radius 2 is 1.75 bits per heavy atom. The van der Waals surface area contributed by atoms with Crippen molar-refractivity contribution in [3.05, 3.63) is 41.0 Å². The Morgan fingerprint density at radius 3 is 2.42 bits per heavy atom. The molecule has 1 atom stereocenters. The maximum atomic E-state index is 2.28. The molecular weight excluding hydrogens is 144 g/mol. The number of hydrogen-bond donors (Lipinski definition) is 0. The van der Waals surface area contributed by atoms with E-state index in [-0.39, 0.29) is 0 Å². The van der Waals surface area contributed by atoms with Gasteiger partial charge in [0, 0.05) is 5.92 Å². The molecule has 1 aliphatic carbocycles. The SMILES string of the molecule is CC1=C(C)C(C)c2ccccc21. The average Bonchev–Trinajstić information content (AvgIpc) is 2.33. The van der Waals surface area contributed by atoms with Crippen LogP contribution in [-0.2, 0) is 0 Å². The number of benzene rings is 1. The minimum Gasteiger partial charge on any atom is -0.0626 e. The molecule has 0 aromatic heterocycles. The standard InChI is InChI=1S/C12H14/c1-8-9(2)11-6-4-5-7-12(11)10(8)3/h4-7,9H,1-3H3. The molecule has 12 heavy (non-hydrogen) atoms. The van der Waals surface area contributed by atoms with Crippen LogP contribution in [0.15, 0.2) is 29.8 Å². The fraction of sp³-hybridized carbons (Fsp3) is 0.333. The predicted octanol–water partition coefficient (Wildman–Crippen LogP) is 3.60. The molecule has 1 unspecified atom stereocenters. The Hall–Kier alpha value is -1.04. The molecule has 0 bridgehead atoms. The summed E-state index contributed by atoms with van der Waals surface area (Å²) in [5.74, 6) is 0.626. The van der Waals surface area contributed by atoms with Crippen LogP contribution in [0.4, 0.5) is 0 Å². The second-order valence-corrected chi connectivity index (χ2v) is 3.62. The topological polar surface area (TPSA) is 0 Å². The molecule has 0 radical (unpaired) electrons. The van der Waals surface area contributed by atoms with E-state index in [0.29, 0.717) is 5.92 Å². The molecule has 0 heterocycles. The molecule has 2 rings (SSSR count). The quantitative estimate of drug-likeness (QED) is 0.541. The van der Waals surface area contributed by atoms with Gasteiger partial charge in [-0.15, -0.1) is 0 Å². The summed E-state index contributed by atoms with van der Waals surface area (Å²) in [5, 5.41) is 0. The van der Waals surface area contributed by atoms with Crippen molar-refractivity contribution in [2.45, 2.75) is 26.7 Å². The first-order valence-corrected chi connectivity index (χ1v) is 4.48. The highest BCUT2D eigenvalue weighted by molar-refractivity contribution is 5.76. The molecule has 0 saturated carbocycles. The van der Waals surface area contributed by atoms with Crippen molar-refractivity contribution in [1.82, 2.24) is 0 Å². The summed E-state index contributed by atoms with van der Waals surface area (Å²) in [4.78, 5) is 0. The van der Waals surface area contributed by atoms with Gasteiger partial charge in [-0.3, -0.25) is 0 Å². The Kier molecular flexibility index (Phi) is 1.57. The van der Waals surface area contributed by atoms with E-state index in [1.165, 1.54) is 22.3 Å². The minimum absolute atomic E-state index is 0.626. The fourth-order valence-corrected chi connectivity index (χ4v) is 1.99. The Labute approximate surface area is 73.9 Å². The van der Waals surface area contributed by atoms with Crippen molar-refractivity contribution in [1.29, 1.82) is 0 Å². The largest absolute Gasteiger partial charge is 0.0626 e. The minimum atomic E-state index is 0.626. The van der Waals surface area contributed by atoms with Crippen LogP contribution in [0, 0.1) is 0 Å². The lowest BCUT2D eigenvalue weighted by atomic mass is 9.99. The van der Waals surface area contributed by atoms with E-state index in [1.807, 2.05) is 0 Å². The number of allylic oxidation sites excluding steroid dienone is 2. The maximum Gasteiger partial charge on any atom is 0.00290 e. The summed E-state index contributed by atoms with van der Waals surface area (Å²) in [5.41, 5.74) is 5.93. The summed E-state index contributed by atoms with van der Waals surface area (Å²) in [6, 6.07) is 8.70. The smallest absolute Gasteiger partial charge is 0.00290 e. The van der Waals surface area contributed by atoms with Gasteiger partial charge in [0.1, 0.15) is 0 Å². The van der Waals surface area contributed by atoms with E-state index >= 15 is 0 Å². The number of fused-ring (bicyclic) bond motifs is 1. The van der Waals surface area contributed by atoms with Gasteiger partial charge in [-0.05, 0) is 30.5 Å². The van der Waals surface area contributed by atoms with Gasteiger partial charge >= 0.3 is 0 Å². The molecule has 1 aliphatic rings. The van der Waals surface area contributed by atoms with Gasteiger partial charge in [0.15, 0.2) is 0 Å². The summed E-state index contributed by atoms with van der Waals surface area (Å²) in [6.45, 7) is 6.74. The third-order valence-electron chi connectivity index (χ3n) is 3.07. The van der Waals surface area contributed by atoms with Crippen molar-refractivity contribution >= 4 is 5.57 Å². The average molecular weight is 158 g/mol. The first kappa shape index (κ1) is 7.60. The van der Waals surface area contributed by atoms with Crippen LogP contribution in [0.25, 0.3) is 5.57 Å². The highest BCUT2D eigenvalue weighted by atomic mass is 14.3. The molecule has 0 spiro atoms. The van der Waals surface area contributed by atoms with E-state index in [0.717, 1.165) is 0 Å². The van der Waals surface area contributed by atoms with Crippen LogP contribution < -0.4 is 0 Å². The highest BCUT2D eigenvalue weighted by Crippen LogP contribution is 2.40. The van der Waals surface area contributed by atoms with Gasteiger partial charge in [0.2, 0.25) is 0 Å². The normalized spacial score (nSPS) is 21.4. The van der Waals surface area contributed by atoms with Crippen molar-refractivity contribution in [3.63, 3.8) is 0 Å². The molecule has 0 N–H and O–H groups in total. The molecule has 1 aromatic carbocycles. The molecule has 0 heteroatoms. The fourth-order valence-electron chi connectivity index (χ4n) is 1.99. The molecule has 0 fully saturated rings. The number of hydrogen-bond acceptors (Lipinski definition) is 0. The summed E-state index contributed by atoms with van der Waals surface area (Å²) in [6.07, 6.45) is 0. The van der Waals surface area contributed by atoms with Gasteiger partial charge in [-0.2, -0.15) is 0 Å². The van der Waals surface area contributed by atoms with E-state index < -0.39 is 0 Å². The molecule has 0 nitrogen and oxygen atoms in total. The van der Waals surface area contributed by atoms with Crippen LogP contribution in [0.2, 0.25) is 0 Å². The third-order valence-corrected chi connectivity index (χ3v) is 3.07. The van der Waals surface area contributed by atoms with E-state index in [4.69, 9.17) is 0 Å². The molecule has 0 aliphatic heterocycles. The molecular formula is C12H14. The molecule has 0 amide bonds. The van der Waals surface area contributed by atoms with Gasteiger partial charge < -0.3 is 0 Å². The summed E-state index contributed by atoms with van der Waals surface area (Å²) < 4.78 is 0. The van der Waals surface area contributed by atoms with Crippen LogP contribution in [0.5, 0.6) is 0 Å². The van der Waals surface area contributed by atoms with Gasteiger partial charge in [-0.1, -0.05) is 36.8 Å². The zero-order chi connectivity index (χ0) is 8.72. The van der Waals surface area contributed by atoms with E-state index in [9.17, 15) is 0 Å². The molecule has 62 valence electrons. The first-order chi connectivity index (χ1) is 5.72. The van der Waals surface area contributed by atoms with Crippen molar-refractivity contribution < 1.29 is 0 Å². The van der Waals surface area contributed by atoms with Gasteiger partial charge in [0.25, 0.3) is 0 Å². The summed E-state index contributed by atoms with van der Waals surface area (Å²) >= 11 is 0. The first-order valence-electron chi connectivity index (χ1n) is 4.48. The van der Waals surface area contributed by atoms with E-state index in [2.05, 4.69) is 45.0 Å². The summed E-state index contributed by atoms with van der Waals surface area (Å²) in [7, 11) is 0. The molecule has 1 aromatic rings. The van der Waals surface area contributed by atoms with Crippen LogP contribution in [0.3, 0.4) is 0 Å². The Balaban J connectivity index is 2.65. The Morgan fingerprint density at radius 1 is 1.08 bits per heavy atom.